The van der Waals surface area contributed by atoms with E-state index in [4.69, 9.17) is 0 Å². The summed E-state index contributed by atoms with van der Waals surface area (Å²) >= 11 is 1.37. The molecule has 3 aromatic carbocycles. The SMILES string of the molecule is Cc1ccc(Sc2ccc(C=C3CCc4ccccc4C3=O)cc2[N+](=O)[O-])cc1. The van der Waals surface area contributed by atoms with E-state index >= 15 is 0 Å². The second-order valence-corrected chi connectivity index (χ2v) is 8.17. The van der Waals surface area contributed by atoms with Gasteiger partial charge in [-0.3, -0.25) is 14.9 Å². The lowest BCUT2D eigenvalue weighted by molar-refractivity contribution is -0.387. The number of hydrogen-bond donors (Lipinski definition) is 0. The van der Waals surface area contributed by atoms with Crippen LogP contribution in [0.25, 0.3) is 6.08 Å². The minimum atomic E-state index is -0.365. The molecule has 5 heteroatoms. The Kier molecular flexibility index (Phi) is 5.32. The number of nitrogens with zero attached hydrogens (tertiary/aromatic N) is 1. The number of carbonyl (C=O) groups is 1. The number of allylic oxidation sites excluding steroid dienone is 1. The zero-order valence-corrected chi connectivity index (χ0v) is 16.7. The molecule has 1 aliphatic rings. The number of Topliss-reactive ketones (excluding diaryl/α,β-unsaturated/α-hetero) is 1. The number of hydrogen-bond acceptors (Lipinski definition) is 4. The lowest BCUT2D eigenvalue weighted by Crippen LogP contribution is -2.13. The number of ketones is 1. The molecule has 3 aromatic rings. The maximum Gasteiger partial charge on any atom is 0.283 e. The molecule has 0 spiro atoms. The largest absolute Gasteiger partial charge is 0.289 e. The van der Waals surface area contributed by atoms with Gasteiger partial charge in [0.05, 0.1) is 9.82 Å². The van der Waals surface area contributed by atoms with Crippen LogP contribution in [0, 0.1) is 17.0 Å². The molecule has 0 atom stereocenters. The normalized spacial score (nSPS) is 14.7. The fraction of sp³-hybridized carbons (Fsp3) is 0.125. The Hall–Kier alpha value is -3.18. The van der Waals surface area contributed by atoms with Crippen LogP contribution in [0.2, 0.25) is 0 Å². The van der Waals surface area contributed by atoms with Crippen LogP contribution in [0.4, 0.5) is 5.69 Å². The Balaban J connectivity index is 1.65. The topological polar surface area (TPSA) is 60.2 Å². The van der Waals surface area contributed by atoms with Crippen LogP contribution in [-0.4, -0.2) is 10.7 Å². The van der Waals surface area contributed by atoms with Gasteiger partial charge in [0.1, 0.15) is 0 Å². The number of nitro groups is 1. The molecule has 4 nitrogen and oxygen atoms in total. The molecule has 0 radical (unpaired) electrons. The summed E-state index contributed by atoms with van der Waals surface area (Å²) < 4.78 is 0. The molecule has 144 valence electrons. The third-order valence-electron chi connectivity index (χ3n) is 4.99. The summed E-state index contributed by atoms with van der Waals surface area (Å²) in [5.41, 5.74) is 4.35. The van der Waals surface area contributed by atoms with Crippen LogP contribution in [0.1, 0.15) is 33.5 Å². The van der Waals surface area contributed by atoms with Crippen molar-refractivity contribution in [3.8, 4) is 0 Å². The van der Waals surface area contributed by atoms with Gasteiger partial charge in [-0.2, -0.15) is 0 Å². The van der Waals surface area contributed by atoms with E-state index in [-0.39, 0.29) is 16.4 Å². The van der Waals surface area contributed by atoms with Crippen molar-refractivity contribution in [1.82, 2.24) is 0 Å². The van der Waals surface area contributed by atoms with E-state index in [2.05, 4.69) is 0 Å². The fourth-order valence-electron chi connectivity index (χ4n) is 3.44. The Morgan fingerprint density at radius 3 is 2.52 bits per heavy atom. The molecule has 1 aliphatic carbocycles. The smallest absolute Gasteiger partial charge is 0.283 e. The Morgan fingerprint density at radius 1 is 1.00 bits per heavy atom. The first-order valence-electron chi connectivity index (χ1n) is 9.37. The highest BCUT2D eigenvalue weighted by Gasteiger charge is 2.22. The highest BCUT2D eigenvalue weighted by molar-refractivity contribution is 7.99. The average molecular weight is 401 g/mol. The van der Waals surface area contributed by atoms with Gasteiger partial charge in [-0.05, 0) is 55.2 Å². The minimum Gasteiger partial charge on any atom is -0.289 e. The summed E-state index contributed by atoms with van der Waals surface area (Å²) in [4.78, 5) is 25.6. The Labute approximate surface area is 173 Å². The van der Waals surface area contributed by atoms with Crippen molar-refractivity contribution in [3.63, 3.8) is 0 Å². The highest BCUT2D eigenvalue weighted by atomic mass is 32.2. The van der Waals surface area contributed by atoms with Crippen LogP contribution in [0.5, 0.6) is 0 Å². The second kappa shape index (κ2) is 8.05. The van der Waals surface area contributed by atoms with Gasteiger partial charge in [0.25, 0.3) is 5.69 Å². The van der Waals surface area contributed by atoms with Gasteiger partial charge in [-0.15, -0.1) is 0 Å². The molecular weight excluding hydrogens is 382 g/mol. The third-order valence-corrected chi connectivity index (χ3v) is 6.06. The van der Waals surface area contributed by atoms with Crippen molar-refractivity contribution in [3.05, 3.63) is 105 Å². The Morgan fingerprint density at radius 2 is 1.76 bits per heavy atom. The van der Waals surface area contributed by atoms with E-state index < -0.39 is 0 Å². The van der Waals surface area contributed by atoms with Gasteiger partial charge in [0.15, 0.2) is 5.78 Å². The van der Waals surface area contributed by atoms with Crippen molar-refractivity contribution in [2.45, 2.75) is 29.6 Å². The van der Waals surface area contributed by atoms with E-state index in [1.807, 2.05) is 61.5 Å². The van der Waals surface area contributed by atoms with Gasteiger partial charge in [0, 0.05) is 22.1 Å². The van der Waals surface area contributed by atoms with Crippen molar-refractivity contribution >= 4 is 29.3 Å². The molecule has 0 amide bonds. The second-order valence-electron chi connectivity index (χ2n) is 7.06. The molecule has 0 saturated carbocycles. The summed E-state index contributed by atoms with van der Waals surface area (Å²) in [6.45, 7) is 2.00. The fourth-order valence-corrected chi connectivity index (χ4v) is 4.34. The van der Waals surface area contributed by atoms with Crippen LogP contribution in [-0.2, 0) is 6.42 Å². The Bertz CT molecular complexity index is 1130. The van der Waals surface area contributed by atoms with E-state index in [9.17, 15) is 14.9 Å². The molecule has 0 unspecified atom stereocenters. The number of nitro benzene ring substituents is 1. The first-order valence-corrected chi connectivity index (χ1v) is 10.2. The summed E-state index contributed by atoms with van der Waals surface area (Å²) in [5.74, 6) is 0.00705. The number of fused-ring (bicyclic) bond motifs is 1. The predicted octanol–water partition coefficient (Wildman–Crippen LogP) is 6.27. The molecule has 0 saturated heterocycles. The van der Waals surface area contributed by atoms with E-state index in [0.29, 0.717) is 22.5 Å². The zero-order valence-electron chi connectivity index (χ0n) is 15.9. The lowest BCUT2D eigenvalue weighted by atomic mass is 9.86. The number of rotatable bonds is 4. The van der Waals surface area contributed by atoms with E-state index in [1.165, 1.54) is 11.8 Å². The van der Waals surface area contributed by atoms with Gasteiger partial charge in [-0.25, -0.2) is 0 Å². The summed E-state index contributed by atoms with van der Waals surface area (Å²) in [6, 6.07) is 20.7. The predicted molar refractivity (Wildman–Crippen MR) is 115 cm³/mol. The molecule has 0 aliphatic heterocycles. The summed E-state index contributed by atoms with van der Waals surface area (Å²) in [7, 11) is 0. The van der Waals surface area contributed by atoms with Crippen molar-refractivity contribution < 1.29 is 9.72 Å². The average Bonchev–Trinajstić information content (AvgIpc) is 2.73. The van der Waals surface area contributed by atoms with Crippen molar-refractivity contribution in [2.24, 2.45) is 0 Å². The standard InChI is InChI=1S/C24H19NO3S/c1-16-6-11-20(12-7-16)29-23-13-8-17(15-22(23)25(27)28)14-19-10-9-18-4-2-3-5-21(18)24(19)26/h2-8,11-15H,9-10H2,1H3. The molecular formula is C24H19NO3S. The van der Waals surface area contributed by atoms with E-state index in [0.717, 1.165) is 28.0 Å². The molecule has 4 rings (SSSR count). The number of benzene rings is 3. The highest BCUT2D eigenvalue weighted by Crippen LogP contribution is 2.36. The molecule has 0 heterocycles. The molecule has 0 aromatic heterocycles. The molecule has 0 fully saturated rings. The monoisotopic (exact) mass is 401 g/mol. The van der Waals surface area contributed by atoms with Crippen LogP contribution < -0.4 is 0 Å². The summed E-state index contributed by atoms with van der Waals surface area (Å²) in [5, 5.41) is 11.6. The minimum absolute atomic E-state index is 0.00705. The van der Waals surface area contributed by atoms with Gasteiger partial charge in [0.2, 0.25) is 0 Å². The lowest BCUT2D eigenvalue weighted by Gasteiger charge is -2.17. The van der Waals surface area contributed by atoms with Crippen molar-refractivity contribution in [1.29, 1.82) is 0 Å². The van der Waals surface area contributed by atoms with Crippen LogP contribution in [0.15, 0.2) is 82.1 Å². The molecule has 0 bridgehead atoms. The van der Waals surface area contributed by atoms with Gasteiger partial charge >= 0.3 is 0 Å². The van der Waals surface area contributed by atoms with Crippen LogP contribution >= 0.6 is 11.8 Å². The first-order chi connectivity index (χ1) is 14.0. The van der Waals surface area contributed by atoms with Gasteiger partial charge < -0.3 is 0 Å². The maximum atomic E-state index is 12.8. The zero-order chi connectivity index (χ0) is 20.4. The number of aryl methyl sites for hydroxylation is 2. The first kappa shape index (κ1) is 19.2. The summed E-state index contributed by atoms with van der Waals surface area (Å²) in [6.07, 6.45) is 3.23. The third kappa shape index (κ3) is 4.15. The van der Waals surface area contributed by atoms with E-state index in [1.54, 1.807) is 18.2 Å². The van der Waals surface area contributed by atoms with Gasteiger partial charge in [-0.1, -0.05) is 59.8 Å². The van der Waals surface area contributed by atoms with Crippen LogP contribution in [0.3, 0.4) is 0 Å². The quantitative estimate of drug-likeness (QED) is 0.294. The number of carbonyl (C=O) groups excluding carboxylic acids is 1. The molecule has 0 N–H and O–H groups in total. The van der Waals surface area contributed by atoms with Crippen molar-refractivity contribution in [2.75, 3.05) is 0 Å². The molecule has 29 heavy (non-hydrogen) atoms. The maximum absolute atomic E-state index is 12.8.